The van der Waals surface area contributed by atoms with Crippen molar-refractivity contribution >= 4 is 11.3 Å². The van der Waals surface area contributed by atoms with Gasteiger partial charge in [-0.05, 0) is 30.3 Å². The van der Waals surface area contributed by atoms with E-state index < -0.39 is 13.2 Å². The summed E-state index contributed by atoms with van der Waals surface area (Å²) >= 11 is 1.36. The van der Waals surface area contributed by atoms with Crippen molar-refractivity contribution in [3.8, 4) is 50.4 Å². The van der Waals surface area contributed by atoms with Crippen molar-refractivity contribution in [3.63, 3.8) is 0 Å². The van der Waals surface area contributed by atoms with Crippen LogP contribution < -0.4 is 9.47 Å². The summed E-state index contributed by atoms with van der Waals surface area (Å²) < 4.78 is 61.7. The number of rotatable bonds is 8. The first-order chi connectivity index (χ1) is 17.5. The molecule has 2 heterocycles. The summed E-state index contributed by atoms with van der Waals surface area (Å²) in [4.78, 5) is 4.72. The van der Waals surface area contributed by atoms with E-state index in [4.69, 9.17) is 4.98 Å². The molecule has 0 fully saturated rings. The summed E-state index contributed by atoms with van der Waals surface area (Å²) in [5.74, 6) is -0.0141. The maximum Gasteiger partial charge on any atom is 0.387 e. The van der Waals surface area contributed by atoms with Gasteiger partial charge in [-0.25, -0.2) is 9.67 Å². The number of alkyl halides is 4. The van der Waals surface area contributed by atoms with E-state index in [0.717, 1.165) is 11.3 Å². The van der Waals surface area contributed by atoms with Crippen LogP contribution in [-0.2, 0) is 0 Å². The molecule has 5 rings (SSSR count). The molecule has 5 aromatic rings. The van der Waals surface area contributed by atoms with Crippen LogP contribution in [-0.4, -0.2) is 28.0 Å². The number of benzene rings is 3. The molecule has 0 aliphatic rings. The van der Waals surface area contributed by atoms with E-state index in [-0.39, 0.29) is 11.5 Å². The van der Waals surface area contributed by atoms with Gasteiger partial charge in [-0.15, -0.1) is 11.3 Å². The standard InChI is InChI=1S/C26H17F4N3O2S/c27-24(28)34-19-10-4-8-17(12-19)21-14-23(18-9-5-11-20(13-18)35-25(29)30)33(32-21)26-31-22(15-36-26)16-6-2-1-3-7-16/h1-15,24-25H. The number of nitrogens with zero attached hydrogens (tertiary/aromatic N) is 3. The van der Waals surface area contributed by atoms with Crippen LogP contribution in [0.4, 0.5) is 17.6 Å². The van der Waals surface area contributed by atoms with Gasteiger partial charge in [0.2, 0.25) is 5.13 Å². The fourth-order valence-electron chi connectivity index (χ4n) is 3.64. The van der Waals surface area contributed by atoms with E-state index >= 15 is 0 Å². The van der Waals surface area contributed by atoms with Crippen LogP contribution in [0.1, 0.15) is 0 Å². The third kappa shape index (κ3) is 5.23. The van der Waals surface area contributed by atoms with Crippen molar-refractivity contribution < 1.29 is 27.0 Å². The predicted molar refractivity (Wildman–Crippen MR) is 129 cm³/mol. The molecule has 36 heavy (non-hydrogen) atoms. The van der Waals surface area contributed by atoms with Gasteiger partial charge in [0.25, 0.3) is 0 Å². The van der Waals surface area contributed by atoms with Crippen LogP contribution in [0, 0.1) is 0 Å². The average molecular weight is 512 g/mol. The number of ether oxygens (including phenoxy) is 2. The largest absolute Gasteiger partial charge is 0.435 e. The second-order valence-corrected chi connectivity index (χ2v) is 8.36. The van der Waals surface area contributed by atoms with Crippen molar-refractivity contribution in [2.75, 3.05) is 0 Å². The van der Waals surface area contributed by atoms with E-state index in [1.807, 2.05) is 35.7 Å². The van der Waals surface area contributed by atoms with Gasteiger partial charge in [-0.1, -0.05) is 54.6 Å². The first kappa shape index (κ1) is 23.6. The van der Waals surface area contributed by atoms with Gasteiger partial charge in [-0.3, -0.25) is 0 Å². The molecule has 0 radical (unpaired) electrons. The maximum absolute atomic E-state index is 12.8. The summed E-state index contributed by atoms with van der Waals surface area (Å²) in [5, 5.41) is 7.11. The lowest BCUT2D eigenvalue weighted by atomic mass is 10.1. The van der Waals surface area contributed by atoms with Crippen LogP contribution in [0.25, 0.3) is 38.9 Å². The second-order valence-electron chi connectivity index (χ2n) is 7.52. The van der Waals surface area contributed by atoms with Gasteiger partial charge in [0.15, 0.2) is 0 Å². The predicted octanol–water partition coefficient (Wildman–Crippen LogP) is 7.53. The smallest absolute Gasteiger partial charge is 0.387 e. The monoisotopic (exact) mass is 511 g/mol. The lowest BCUT2D eigenvalue weighted by Gasteiger charge is -2.08. The van der Waals surface area contributed by atoms with E-state index in [1.54, 1.807) is 35.0 Å². The minimum absolute atomic E-state index is 0.00626. The van der Waals surface area contributed by atoms with Crippen LogP contribution in [0.3, 0.4) is 0 Å². The normalized spacial score (nSPS) is 11.3. The zero-order valence-electron chi connectivity index (χ0n) is 18.4. The molecule has 0 bridgehead atoms. The summed E-state index contributed by atoms with van der Waals surface area (Å²) in [5.41, 5.74) is 3.79. The number of thiazole rings is 1. The fourth-order valence-corrected chi connectivity index (χ4v) is 4.44. The summed E-state index contributed by atoms with van der Waals surface area (Å²) in [6.45, 7) is -5.93. The highest BCUT2D eigenvalue weighted by Gasteiger charge is 2.18. The van der Waals surface area contributed by atoms with Crippen molar-refractivity contribution in [1.82, 2.24) is 14.8 Å². The van der Waals surface area contributed by atoms with E-state index in [1.165, 1.54) is 35.6 Å². The Morgan fingerprint density at radius 3 is 1.94 bits per heavy atom. The molecular weight excluding hydrogens is 494 g/mol. The Bertz CT molecular complexity index is 1470. The average Bonchev–Trinajstić information content (AvgIpc) is 3.52. The quantitative estimate of drug-likeness (QED) is 0.202. The van der Waals surface area contributed by atoms with Crippen molar-refractivity contribution in [3.05, 3.63) is 90.3 Å². The fraction of sp³-hybridized carbons (Fsp3) is 0.0769. The highest BCUT2D eigenvalue weighted by Crippen LogP contribution is 2.34. The molecule has 5 nitrogen and oxygen atoms in total. The third-order valence-corrected chi connectivity index (χ3v) is 5.98. The van der Waals surface area contributed by atoms with Gasteiger partial charge in [-0.2, -0.15) is 22.7 Å². The van der Waals surface area contributed by atoms with Crippen molar-refractivity contribution in [2.45, 2.75) is 13.2 Å². The maximum atomic E-state index is 12.8. The Morgan fingerprint density at radius 2 is 1.28 bits per heavy atom. The third-order valence-electron chi connectivity index (χ3n) is 5.16. The molecule has 182 valence electrons. The summed E-state index contributed by atoms with van der Waals surface area (Å²) in [6.07, 6.45) is 0. The van der Waals surface area contributed by atoms with Crippen molar-refractivity contribution in [1.29, 1.82) is 0 Å². The van der Waals surface area contributed by atoms with Crippen LogP contribution in [0.15, 0.2) is 90.3 Å². The number of aromatic nitrogens is 3. The van der Waals surface area contributed by atoms with E-state index in [0.29, 0.717) is 27.6 Å². The molecule has 10 heteroatoms. The zero-order valence-corrected chi connectivity index (χ0v) is 19.2. The van der Waals surface area contributed by atoms with Crippen LogP contribution >= 0.6 is 11.3 Å². The Hall–Kier alpha value is -4.18. The lowest BCUT2D eigenvalue weighted by molar-refractivity contribution is -0.0505. The Kier molecular flexibility index (Phi) is 6.68. The van der Waals surface area contributed by atoms with Gasteiger partial charge >= 0.3 is 13.2 Å². The molecule has 0 N–H and O–H groups in total. The first-order valence-corrected chi connectivity index (χ1v) is 11.6. The van der Waals surface area contributed by atoms with Gasteiger partial charge in [0, 0.05) is 22.1 Å². The van der Waals surface area contributed by atoms with Gasteiger partial charge < -0.3 is 9.47 Å². The second kappa shape index (κ2) is 10.2. The molecule has 0 spiro atoms. The minimum Gasteiger partial charge on any atom is -0.435 e. The molecule has 0 saturated carbocycles. The van der Waals surface area contributed by atoms with Gasteiger partial charge in [0.1, 0.15) is 11.5 Å². The van der Waals surface area contributed by atoms with Crippen molar-refractivity contribution in [2.24, 2.45) is 0 Å². The molecule has 0 aliphatic carbocycles. The Labute approximate surface area is 207 Å². The molecule has 3 aromatic carbocycles. The molecule has 2 aromatic heterocycles. The molecule has 0 atom stereocenters. The number of hydrogen-bond acceptors (Lipinski definition) is 5. The number of halogens is 4. The topological polar surface area (TPSA) is 49.2 Å². The molecule has 0 aliphatic heterocycles. The van der Waals surface area contributed by atoms with E-state index in [2.05, 4.69) is 14.6 Å². The van der Waals surface area contributed by atoms with Crippen LogP contribution in [0.2, 0.25) is 0 Å². The highest BCUT2D eigenvalue weighted by molar-refractivity contribution is 7.12. The first-order valence-electron chi connectivity index (χ1n) is 10.7. The molecule has 0 amide bonds. The summed E-state index contributed by atoms with van der Waals surface area (Å²) in [6, 6.07) is 23.7. The van der Waals surface area contributed by atoms with Gasteiger partial charge in [0.05, 0.1) is 17.1 Å². The summed E-state index contributed by atoms with van der Waals surface area (Å²) in [7, 11) is 0. The Balaban J connectivity index is 1.61. The SMILES string of the molecule is FC(F)Oc1cccc(-c2cc(-c3cccc(OC(F)F)c3)n(-c3nc(-c4ccccc4)cs3)n2)c1. The number of hydrogen-bond donors (Lipinski definition) is 0. The lowest BCUT2D eigenvalue weighted by Crippen LogP contribution is -2.02. The molecular formula is C26H17F4N3O2S. The Morgan fingerprint density at radius 1 is 0.667 bits per heavy atom. The molecule has 0 saturated heterocycles. The highest BCUT2D eigenvalue weighted by atomic mass is 32.1. The zero-order chi connectivity index (χ0) is 25.1. The van der Waals surface area contributed by atoms with E-state index in [9.17, 15) is 17.6 Å². The van der Waals surface area contributed by atoms with Crippen LogP contribution in [0.5, 0.6) is 11.5 Å². The minimum atomic E-state index is -2.97. The molecule has 0 unspecified atom stereocenters.